The number of hydrazine groups is 1. The fraction of sp³-hybridized carbons (Fsp3) is 0.250. The number of nitrogens with one attached hydrogen (secondary N) is 1. The lowest BCUT2D eigenvalue weighted by atomic mass is 10.0. The first kappa shape index (κ1) is 11.3. The lowest BCUT2D eigenvalue weighted by Crippen LogP contribution is -2.29. The van der Waals surface area contributed by atoms with Crippen LogP contribution in [0.25, 0.3) is 0 Å². The number of pyridine rings is 1. The van der Waals surface area contributed by atoms with Crippen LogP contribution in [0.4, 0.5) is 0 Å². The van der Waals surface area contributed by atoms with Crippen LogP contribution in [0.15, 0.2) is 29.0 Å². The standard InChI is InChI=1S/C12H15N3S/c1-8-3-4-11(9(2)14-8)12(15-13)10-5-6-16-7-10/h3-7,12,15H,13H2,1-2H3. The zero-order valence-electron chi connectivity index (χ0n) is 9.40. The zero-order chi connectivity index (χ0) is 11.5. The topological polar surface area (TPSA) is 50.9 Å². The van der Waals surface area contributed by atoms with E-state index in [1.165, 1.54) is 5.56 Å². The highest BCUT2D eigenvalue weighted by Gasteiger charge is 2.15. The van der Waals surface area contributed by atoms with Crippen molar-refractivity contribution in [1.82, 2.24) is 10.4 Å². The van der Waals surface area contributed by atoms with Gasteiger partial charge in [0.05, 0.1) is 6.04 Å². The van der Waals surface area contributed by atoms with Crippen LogP contribution in [0.2, 0.25) is 0 Å². The average molecular weight is 233 g/mol. The van der Waals surface area contributed by atoms with Crippen molar-refractivity contribution in [3.63, 3.8) is 0 Å². The molecule has 3 N–H and O–H groups in total. The normalized spacial score (nSPS) is 12.7. The summed E-state index contributed by atoms with van der Waals surface area (Å²) in [5.74, 6) is 5.63. The fourth-order valence-corrected chi connectivity index (χ4v) is 2.49. The Balaban J connectivity index is 2.41. The second kappa shape index (κ2) is 4.74. The predicted octanol–water partition coefficient (Wildman–Crippen LogP) is 2.31. The molecule has 0 saturated carbocycles. The van der Waals surface area contributed by atoms with Crippen LogP contribution in [0, 0.1) is 13.8 Å². The molecule has 3 nitrogen and oxygen atoms in total. The Morgan fingerprint density at radius 2 is 2.12 bits per heavy atom. The van der Waals surface area contributed by atoms with E-state index in [1.54, 1.807) is 11.3 Å². The van der Waals surface area contributed by atoms with Crippen LogP contribution in [0.3, 0.4) is 0 Å². The fourth-order valence-electron chi connectivity index (χ4n) is 1.81. The number of hydrogen-bond donors (Lipinski definition) is 2. The molecule has 0 amide bonds. The summed E-state index contributed by atoms with van der Waals surface area (Å²) >= 11 is 1.67. The number of nitrogens with zero attached hydrogens (tertiary/aromatic N) is 1. The Bertz CT molecular complexity index is 465. The Hall–Kier alpha value is -1.23. The van der Waals surface area contributed by atoms with Gasteiger partial charge in [-0.3, -0.25) is 10.8 Å². The molecule has 2 heterocycles. The maximum atomic E-state index is 5.63. The van der Waals surface area contributed by atoms with Gasteiger partial charge in [-0.1, -0.05) is 6.07 Å². The molecule has 2 rings (SSSR count). The van der Waals surface area contributed by atoms with Crippen molar-refractivity contribution in [2.75, 3.05) is 0 Å². The molecule has 0 aliphatic carbocycles. The number of aromatic nitrogens is 1. The lowest BCUT2D eigenvalue weighted by molar-refractivity contribution is 0.632. The van der Waals surface area contributed by atoms with Crippen LogP contribution >= 0.6 is 11.3 Å². The summed E-state index contributed by atoms with van der Waals surface area (Å²) in [5, 5.41) is 4.15. The molecular weight excluding hydrogens is 218 g/mol. The summed E-state index contributed by atoms with van der Waals surface area (Å²) in [6.07, 6.45) is 0. The Kier molecular flexibility index (Phi) is 3.33. The van der Waals surface area contributed by atoms with E-state index in [0.29, 0.717) is 0 Å². The highest BCUT2D eigenvalue weighted by Crippen LogP contribution is 2.25. The van der Waals surface area contributed by atoms with Gasteiger partial charge >= 0.3 is 0 Å². The average Bonchev–Trinajstić information content (AvgIpc) is 2.75. The molecule has 0 radical (unpaired) electrons. The van der Waals surface area contributed by atoms with Gasteiger partial charge in [0.2, 0.25) is 0 Å². The van der Waals surface area contributed by atoms with Crippen LogP contribution in [0.5, 0.6) is 0 Å². The van der Waals surface area contributed by atoms with Gasteiger partial charge in [-0.25, -0.2) is 5.43 Å². The van der Waals surface area contributed by atoms with Crippen LogP contribution in [0.1, 0.15) is 28.6 Å². The molecule has 1 atom stereocenters. The first-order valence-electron chi connectivity index (χ1n) is 5.14. The summed E-state index contributed by atoms with van der Waals surface area (Å²) in [6, 6.07) is 6.20. The highest BCUT2D eigenvalue weighted by atomic mass is 32.1. The molecule has 84 valence electrons. The van der Waals surface area contributed by atoms with Gasteiger partial charge in [-0.2, -0.15) is 11.3 Å². The molecule has 1 unspecified atom stereocenters. The minimum absolute atomic E-state index is 0.0272. The summed E-state index contributed by atoms with van der Waals surface area (Å²) in [4.78, 5) is 4.46. The van der Waals surface area contributed by atoms with E-state index in [2.05, 4.69) is 33.3 Å². The van der Waals surface area contributed by atoms with Crippen LogP contribution in [-0.4, -0.2) is 4.98 Å². The molecule has 0 fully saturated rings. The van der Waals surface area contributed by atoms with E-state index < -0.39 is 0 Å². The Morgan fingerprint density at radius 3 is 2.69 bits per heavy atom. The maximum Gasteiger partial charge on any atom is 0.0735 e. The van der Waals surface area contributed by atoms with Crippen molar-refractivity contribution in [3.8, 4) is 0 Å². The van der Waals surface area contributed by atoms with Crippen molar-refractivity contribution in [2.24, 2.45) is 5.84 Å². The minimum atomic E-state index is 0.0272. The molecule has 0 spiro atoms. The van der Waals surface area contributed by atoms with Gasteiger partial charge in [0.25, 0.3) is 0 Å². The Morgan fingerprint density at radius 1 is 1.31 bits per heavy atom. The van der Waals surface area contributed by atoms with Crippen molar-refractivity contribution in [1.29, 1.82) is 0 Å². The molecule has 2 aromatic heterocycles. The summed E-state index contributed by atoms with van der Waals surface area (Å²) in [5.41, 5.74) is 7.21. The zero-order valence-corrected chi connectivity index (χ0v) is 10.2. The first-order chi connectivity index (χ1) is 7.72. The van der Waals surface area contributed by atoms with Crippen molar-refractivity contribution in [2.45, 2.75) is 19.9 Å². The van der Waals surface area contributed by atoms with E-state index in [9.17, 15) is 0 Å². The number of nitrogens with two attached hydrogens (primary N) is 1. The molecule has 0 bridgehead atoms. The van der Waals surface area contributed by atoms with Gasteiger partial charge in [0.1, 0.15) is 0 Å². The van der Waals surface area contributed by atoms with Crippen LogP contribution in [-0.2, 0) is 0 Å². The third-order valence-corrected chi connectivity index (χ3v) is 3.32. The summed E-state index contributed by atoms with van der Waals surface area (Å²) in [7, 11) is 0. The molecular formula is C12H15N3S. The molecule has 0 aliphatic rings. The second-order valence-electron chi connectivity index (χ2n) is 3.78. The van der Waals surface area contributed by atoms with Gasteiger partial charge in [-0.05, 0) is 47.9 Å². The second-order valence-corrected chi connectivity index (χ2v) is 4.56. The van der Waals surface area contributed by atoms with Gasteiger partial charge < -0.3 is 0 Å². The van der Waals surface area contributed by atoms with E-state index in [1.807, 2.05) is 19.9 Å². The van der Waals surface area contributed by atoms with E-state index in [4.69, 9.17) is 5.84 Å². The van der Waals surface area contributed by atoms with Gasteiger partial charge in [-0.15, -0.1) is 0 Å². The third-order valence-electron chi connectivity index (χ3n) is 2.62. The maximum absolute atomic E-state index is 5.63. The number of thiophene rings is 1. The third kappa shape index (κ3) is 2.14. The molecule has 0 aromatic carbocycles. The molecule has 16 heavy (non-hydrogen) atoms. The highest BCUT2D eigenvalue weighted by molar-refractivity contribution is 7.08. The number of rotatable bonds is 3. The van der Waals surface area contributed by atoms with Gasteiger partial charge in [0, 0.05) is 11.4 Å². The van der Waals surface area contributed by atoms with E-state index in [-0.39, 0.29) is 6.04 Å². The predicted molar refractivity (Wildman–Crippen MR) is 67.2 cm³/mol. The van der Waals surface area contributed by atoms with Gasteiger partial charge in [0.15, 0.2) is 0 Å². The lowest BCUT2D eigenvalue weighted by Gasteiger charge is -2.17. The summed E-state index contributed by atoms with van der Waals surface area (Å²) < 4.78 is 0. The SMILES string of the molecule is Cc1ccc(C(NN)c2ccsc2)c(C)n1. The molecule has 0 aliphatic heterocycles. The van der Waals surface area contributed by atoms with Crippen molar-refractivity contribution < 1.29 is 0 Å². The first-order valence-corrected chi connectivity index (χ1v) is 6.09. The largest absolute Gasteiger partial charge is 0.271 e. The van der Waals surface area contributed by atoms with E-state index in [0.717, 1.165) is 17.0 Å². The quantitative estimate of drug-likeness (QED) is 0.632. The Labute approximate surface area is 99.3 Å². The van der Waals surface area contributed by atoms with E-state index >= 15 is 0 Å². The number of hydrogen-bond acceptors (Lipinski definition) is 4. The molecule has 0 saturated heterocycles. The smallest absolute Gasteiger partial charge is 0.0735 e. The summed E-state index contributed by atoms with van der Waals surface area (Å²) in [6.45, 7) is 4.01. The minimum Gasteiger partial charge on any atom is -0.271 e. The number of aryl methyl sites for hydroxylation is 2. The van der Waals surface area contributed by atoms with Crippen molar-refractivity contribution in [3.05, 3.63) is 51.5 Å². The van der Waals surface area contributed by atoms with Crippen molar-refractivity contribution >= 4 is 11.3 Å². The molecule has 4 heteroatoms. The van der Waals surface area contributed by atoms with Crippen LogP contribution < -0.4 is 11.3 Å². The molecule has 2 aromatic rings. The monoisotopic (exact) mass is 233 g/mol.